The summed E-state index contributed by atoms with van der Waals surface area (Å²) in [5.41, 5.74) is 1.45. The SMILES string of the molecule is COc1ccc(NC(=O)C2CCNCC2)cc1N1CCCC1=O. The van der Waals surface area contributed by atoms with Gasteiger partial charge in [0.15, 0.2) is 0 Å². The Hall–Kier alpha value is -2.08. The van der Waals surface area contributed by atoms with E-state index in [1.165, 1.54) is 0 Å². The van der Waals surface area contributed by atoms with Gasteiger partial charge in [0, 0.05) is 24.6 Å². The second-order valence-electron chi connectivity index (χ2n) is 6.05. The van der Waals surface area contributed by atoms with Gasteiger partial charge in [0.05, 0.1) is 12.8 Å². The number of hydrogen-bond donors (Lipinski definition) is 2. The zero-order valence-corrected chi connectivity index (χ0v) is 13.4. The van der Waals surface area contributed by atoms with Gasteiger partial charge in [0.1, 0.15) is 5.75 Å². The smallest absolute Gasteiger partial charge is 0.227 e. The lowest BCUT2D eigenvalue weighted by Gasteiger charge is -2.23. The van der Waals surface area contributed by atoms with Gasteiger partial charge >= 0.3 is 0 Å². The summed E-state index contributed by atoms with van der Waals surface area (Å²) in [6, 6.07) is 5.46. The Bertz CT molecular complexity index is 597. The molecular weight excluding hydrogens is 294 g/mol. The highest BCUT2D eigenvalue weighted by atomic mass is 16.5. The molecule has 23 heavy (non-hydrogen) atoms. The molecular formula is C17H23N3O3. The van der Waals surface area contributed by atoms with Gasteiger partial charge < -0.3 is 20.3 Å². The fourth-order valence-corrected chi connectivity index (χ4v) is 3.21. The van der Waals surface area contributed by atoms with Crippen molar-refractivity contribution in [3.8, 4) is 5.75 Å². The number of methoxy groups -OCH3 is 1. The van der Waals surface area contributed by atoms with Gasteiger partial charge in [-0.05, 0) is 50.6 Å². The number of carbonyl (C=O) groups excluding carboxylic acids is 2. The second kappa shape index (κ2) is 7.00. The first-order valence-electron chi connectivity index (χ1n) is 8.19. The Morgan fingerprint density at radius 2 is 2.13 bits per heavy atom. The average Bonchev–Trinajstić information content (AvgIpc) is 3.01. The third kappa shape index (κ3) is 3.47. The lowest BCUT2D eigenvalue weighted by atomic mass is 9.97. The Morgan fingerprint density at radius 3 is 2.78 bits per heavy atom. The molecule has 3 rings (SSSR count). The molecule has 2 heterocycles. The summed E-state index contributed by atoms with van der Waals surface area (Å²) in [5.74, 6) is 0.857. The Balaban J connectivity index is 1.77. The average molecular weight is 317 g/mol. The molecule has 0 aliphatic carbocycles. The summed E-state index contributed by atoms with van der Waals surface area (Å²) in [6.45, 7) is 2.46. The molecule has 0 radical (unpaired) electrons. The van der Waals surface area contributed by atoms with Crippen molar-refractivity contribution >= 4 is 23.2 Å². The van der Waals surface area contributed by atoms with E-state index < -0.39 is 0 Å². The quantitative estimate of drug-likeness (QED) is 0.888. The maximum absolute atomic E-state index is 12.4. The number of piperidine rings is 1. The molecule has 0 saturated carbocycles. The minimum Gasteiger partial charge on any atom is -0.495 e. The summed E-state index contributed by atoms with van der Waals surface area (Å²) >= 11 is 0. The lowest BCUT2D eigenvalue weighted by molar-refractivity contribution is -0.120. The third-order valence-corrected chi connectivity index (χ3v) is 4.52. The number of hydrogen-bond acceptors (Lipinski definition) is 4. The zero-order chi connectivity index (χ0) is 16.2. The first kappa shape index (κ1) is 15.8. The van der Waals surface area contributed by atoms with E-state index in [2.05, 4.69) is 10.6 Å². The molecule has 0 unspecified atom stereocenters. The molecule has 2 saturated heterocycles. The highest BCUT2D eigenvalue weighted by molar-refractivity contribution is 5.99. The van der Waals surface area contributed by atoms with Crippen LogP contribution in [0.15, 0.2) is 18.2 Å². The van der Waals surface area contributed by atoms with Gasteiger partial charge in [0.25, 0.3) is 0 Å². The molecule has 0 atom stereocenters. The van der Waals surface area contributed by atoms with Crippen LogP contribution in [0.1, 0.15) is 25.7 Å². The van der Waals surface area contributed by atoms with Crippen molar-refractivity contribution in [2.75, 3.05) is 37.0 Å². The van der Waals surface area contributed by atoms with Crippen LogP contribution in [0.5, 0.6) is 5.75 Å². The zero-order valence-electron chi connectivity index (χ0n) is 13.4. The number of nitrogens with zero attached hydrogens (tertiary/aromatic N) is 1. The standard InChI is InChI=1S/C17H23N3O3/c1-23-15-5-4-13(11-14(15)20-10-2-3-16(20)21)19-17(22)12-6-8-18-9-7-12/h4-5,11-12,18H,2-3,6-10H2,1H3,(H,19,22). The van der Waals surface area contributed by atoms with E-state index in [-0.39, 0.29) is 17.7 Å². The predicted octanol–water partition coefficient (Wildman–Crippen LogP) is 1.76. The Kier molecular flexibility index (Phi) is 4.81. The van der Waals surface area contributed by atoms with Crippen molar-refractivity contribution in [2.24, 2.45) is 5.92 Å². The van der Waals surface area contributed by atoms with Crippen LogP contribution < -0.4 is 20.3 Å². The molecule has 124 valence electrons. The number of nitrogens with one attached hydrogen (secondary N) is 2. The minimum atomic E-state index is 0.0511. The van der Waals surface area contributed by atoms with Crippen LogP contribution in [0.4, 0.5) is 11.4 Å². The Labute approximate surface area is 136 Å². The number of benzene rings is 1. The fraction of sp³-hybridized carbons (Fsp3) is 0.529. The second-order valence-corrected chi connectivity index (χ2v) is 6.05. The van der Waals surface area contributed by atoms with Crippen LogP contribution >= 0.6 is 0 Å². The van der Waals surface area contributed by atoms with Crippen molar-refractivity contribution in [1.29, 1.82) is 0 Å². The molecule has 6 heteroatoms. The molecule has 6 nitrogen and oxygen atoms in total. The van der Waals surface area contributed by atoms with Gasteiger partial charge in [-0.2, -0.15) is 0 Å². The van der Waals surface area contributed by atoms with E-state index in [0.717, 1.165) is 38.0 Å². The molecule has 0 spiro atoms. The van der Waals surface area contributed by atoms with E-state index in [0.29, 0.717) is 24.4 Å². The first-order valence-corrected chi connectivity index (χ1v) is 8.19. The van der Waals surface area contributed by atoms with Gasteiger partial charge in [0.2, 0.25) is 11.8 Å². The summed E-state index contributed by atoms with van der Waals surface area (Å²) in [4.78, 5) is 26.1. The highest BCUT2D eigenvalue weighted by Gasteiger charge is 2.26. The molecule has 2 fully saturated rings. The summed E-state index contributed by atoms with van der Waals surface area (Å²) in [7, 11) is 1.59. The van der Waals surface area contributed by atoms with Gasteiger partial charge in [-0.15, -0.1) is 0 Å². The molecule has 0 aromatic heterocycles. The maximum atomic E-state index is 12.4. The van der Waals surface area contributed by atoms with Crippen LogP contribution in [0.3, 0.4) is 0 Å². The fourth-order valence-electron chi connectivity index (χ4n) is 3.21. The van der Waals surface area contributed by atoms with Crippen molar-refractivity contribution in [2.45, 2.75) is 25.7 Å². The van der Waals surface area contributed by atoms with Crippen molar-refractivity contribution in [1.82, 2.24) is 5.32 Å². The minimum absolute atomic E-state index is 0.0511. The summed E-state index contributed by atoms with van der Waals surface area (Å²) in [5, 5.41) is 6.24. The molecule has 0 bridgehead atoms. The molecule has 1 aromatic carbocycles. The van der Waals surface area contributed by atoms with Crippen molar-refractivity contribution < 1.29 is 14.3 Å². The number of amides is 2. The van der Waals surface area contributed by atoms with Crippen LogP contribution in [0.25, 0.3) is 0 Å². The van der Waals surface area contributed by atoms with Crippen LogP contribution in [-0.2, 0) is 9.59 Å². The predicted molar refractivity (Wildman–Crippen MR) is 88.8 cm³/mol. The summed E-state index contributed by atoms with van der Waals surface area (Å²) in [6.07, 6.45) is 3.14. The normalized spacial score (nSPS) is 19.0. The number of ether oxygens (including phenoxy) is 1. The van der Waals surface area contributed by atoms with E-state index in [1.807, 2.05) is 12.1 Å². The summed E-state index contributed by atoms with van der Waals surface area (Å²) < 4.78 is 5.37. The van der Waals surface area contributed by atoms with Crippen molar-refractivity contribution in [3.63, 3.8) is 0 Å². The molecule has 2 amide bonds. The van der Waals surface area contributed by atoms with Crippen LogP contribution in [-0.4, -0.2) is 38.6 Å². The highest BCUT2D eigenvalue weighted by Crippen LogP contribution is 2.34. The number of carbonyl (C=O) groups is 2. The number of anilines is 2. The van der Waals surface area contributed by atoms with Crippen molar-refractivity contribution in [3.05, 3.63) is 18.2 Å². The Morgan fingerprint density at radius 1 is 1.35 bits per heavy atom. The van der Waals surface area contributed by atoms with Crippen LogP contribution in [0, 0.1) is 5.92 Å². The van der Waals surface area contributed by atoms with Gasteiger partial charge in [-0.25, -0.2) is 0 Å². The molecule has 2 aliphatic heterocycles. The van der Waals surface area contributed by atoms with E-state index >= 15 is 0 Å². The largest absolute Gasteiger partial charge is 0.495 e. The van der Waals surface area contributed by atoms with E-state index in [4.69, 9.17) is 4.74 Å². The lowest BCUT2D eigenvalue weighted by Crippen LogP contribution is -2.34. The van der Waals surface area contributed by atoms with Crippen LogP contribution in [0.2, 0.25) is 0 Å². The first-order chi connectivity index (χ1) is 11.2. The van der Waals surface area contributed by atoms with E-state index in [9.17, 15) is 9.59 Å². The van der Waals surface area contributed by atoms with Gasteiger partial charge in [-0.1, -0.05) is 0 Å². The number of rotatable bonds is 4. The maximum Gasteiger partial charge on any atom is 0.227 e. The topological polar surface area (TPSA) is 70.7 Å². The molecule has 2 aliphatic rings. The monoisotopic (exact) mass is 317 g/mol. The third-order valence-electron chi connectivity index (χ3n) is 4.52. The molecule has 1 aromatic rings. The van der Waals surface area contributed by atoms with E-state index in [1.54, 1.807) is 18.1 Å². The molecule has 2 N–H and O–H groups in total. The van der Waals surface area contributed by atoms with Gasteiger partial charge in [-0.3, -0.25) is 9.59 Å².